The minimum absolute atomic E-state index is 0.179. The molecule has 0 radical (unpaired) electrons. The molecule has 1 amide bonds. The van der Waals surface area contributed by atoms with Gasteiger partial charge in [0.05, 0.1) is 35.0 Å². The molecule has 0 saturated carbocycles. The van der Waals surface area contributed by atoms with Crippen LogP contribution < -0.4 is 10.1 Å². The Bertz CT molecular complexity index is 980. The summed E-state index contributed by atoms with van der Waals surface area (Å²) in [4.78, 5) is 16.4. The normalized spacial score (nSPS) is 11.3. The molecule has 2 heterocycles. The zero-order valence-corrected chi connectivity index (χ0v) is 15.8. The number of benzene rings is 1. The maximum atomic E-state index is 12.7. The van der Waals surface area contributed by atoms with Gasteiger partial charge in [-0.05, 0) is 31.5 Å². The van der Waals surface area contributed by atoms with Gasteiger partial charge in [0.1, 0.15) is 0 Å². The molecule has 0 aliphatic carbocycles. The van der Waals surface area contributed by atoms with Crippen LogP contribution >= 0.6 is 0 Å². The van der Waals surface area contributed by atoms with Crippen LogP contribution in [0.3, 0.4) is 0 Å². The predicted molar refractivity (Wildman–Crippen MR) is 101 cm³/mol. The molecule has 0 fully saturated rings. The summed E-state index contributed by atoms with van der Waals surface area (Å²) in [6, 6.07) is 10.5. The third-order valence-electron chi connectivity index (χ3n) is 4.10. The first-order valence-electron chi connectivity index (χ1n) is 8.87. The van der Waals surface area contributed by atoms with Crippen LogP contribution in [0.5, 0.6) is 5.88 Å². The summed E-state index contributed by atoms with van der Waals surface area (Å²) in [5.41, 5.74) is 3.45. The largest absolute Gasteiger partial charge is 0.468 e. The van der Waals surface area contributed by atoms with Gasteiger partial charge < -0.3 is 10.1 Å². The quantitative estimate of drug-likeness (QED) is 0.664. The van der Waals surface area contributed by atoms with Crippen LogP contribution in [-0.2, 0) is 6.42 Å². The number of pyridine rings is 1. The molecule has 1 aromatic carbocycles. The van der Waals surface area contributed by atoms with Gasteiger partial charge in [-0.3, -0.25) is 4.79 Å². The number of carbonyl (C=O) groups excluding carboxylic acids is 1. The van der Waals surface area contributed by atoms with Crippen LogP contribution in [0.2, 0.25) is 0 Å². The zero-order valence-electron chi connectivity index (χ0n) is 15.8. The maximum Gasteiger partial charge on any atom is 0.422 e. The monoisotopic (exact) mass is 404 g/mol. The van der Waals surface area contributed by atoms with Gasteiger partial charge in [0.2, 0.25) is 5.88 Å². The fraction of sp³-hybridized carbons (Fsp3) is 0.250. The third kappa shape index (κ3) is 5.13. The Morgan fingerprint density at radius 1 is 1.14 bits per heavy atom. The van der Waals surface area contributed by atoms with Crippen LogP contribution in [0.15, 0.2) is 48.8 Å². The Morgan fingerprint density at radius 2 is 1.86 bits per heavy atom. The lowest BCUT2D eigenvalue weighted by Gasteiger charge is -2.10. The van der Waals surface area contributed by atoms with Gasteiger partial charge in [-0.2, -0.15) is 18.3 Å². The molecule has 0 saturated heterocycles. The first kappa shape index (κ1) is 20.4. The molecule has 0 spiro atoms. The molecular formula is C20H19F3N4O2. The average molecular weight is 404 g/mol. The van der Waals surface area contributed by atoms with E-state index in [0.717, 1.165) is 16.9 Å². The van der Waals surface area contributed by atoms with E-state index >= 15 is 0 Å². The van der Waals surface area contributed by atoms with Crippen molar-refractivity contribution in [1.29, 1.82) is 0 Å². The van der Waals surface area contributed by atoms with Crippen molar-refractivity contribution in [1.82, 2.24) is 14.8 Å². The first-order chi connectivity index (χ1) is 13.8. The SMILES string of the molecule is CCc1c(C(=O)Nc2ccc(OCC(F)(F)F)nc2)cnn1-c1ccc(C)cc1. The average Bonchev–Trinajstić information content (AvgIpc) is 3.11. The number of hydrogen-bond acceptors (Lipinski definition) is 4. The number of aromatic nitrogens is 3. The number of aryl methyl sites for hydroxylation is 1. The summed E-state index contributed by atoms with van der Waals surface area (Å²) in [6.07, 6.45) is -1.14. The van der Waals surface area contributed by atoms with Gasteiger partial charge in [-0.15, -0.1) is 0 Å². The number of alkyl halides is 3. The van der Waals surface area contributed by atoms with Gasteiger partial charge in [-0.25, -0.2) is 9.67 Å². The number of ether oxygens (including phenoxy) is 1. The lowest BCUT2D eigenvalue weighted by atomic mass is 10.1. The van der Waals surface area contributed by atoms with Crippen molar-refractivity contribution >= 4 is 11.6 Å². The van der Waals surface area contributed by atoms with Gasteiger partial charge in [-0.1, -0.05) is 24.6 Å². The Hall–Kier alpha value is -3.36. The Morgan fingerprint density at radius 3 is 2.45 bits per heavy atom. The van der Waals surface area contributed by atoms with Gasteiger partial charge >= 0.3 is 6.18 Å². The number of halogens is 3. The van der Waals surface area contributed by atoms with E-state index in [1.165, 1.54) is 24.5 Å². The van der Waals surface area contributed by atoms with Crippen LogP contribution in [-0.4, -0.2) is 33.5 Å². The number of carbonyl (C=O) groups is 1. The van der Waals surface area contributed by atoms with Crippen molar-refractivity contribution in [3.05, 3.63) is 65.6 Å². The van der Waals surface area contributed by atoms with E-state index in [-0.39, 0.29) is 11.8 Å². The maximum absolute atomic E-state index is 12.7. The molecule has 0 unspecified atom stereocenters. The van der Waals surface area contributed by atoms with E-state index in [2.05, 4.69) is 20.1 Å². The molecule has 9 heteroatoms. The molecular weight excluding hydrogens is 385 g/mol. The number of nitrogens with one attached hydrogen (secondary N) is 1. The second-order valence-corrected chi connectivity index (χ2v) is 6.35. The van der Waals surface area contributed by atoms with Crippen molar-refractivity contribution in [2.45, 2.75) is 26.4 Å². The van der Waals surface area contributed by atoms with E-state index in [9.17, 15) is 18.0 Å². The number of amides is 1. The fourth-order valence-corrected chi connectivity index (χ4v) is 2.71. The second-order valence-electron chi connectivity index (χ2n) is 6.35. The number of anilines is 1. The van der Waals surface area contributed by atoms with Crippen LogP contribution in [0.4, 0.5) is 18.9 Å². The van der Waals surface area contributed by atoms with Gasteiger partial charge in [0.15, 0.2) is 6.61 Å². The van der Waals surface area contributed by atoms with Crippen LogP contribution in [0.25, 0.3) is 5.69 Å². The fourth-order valence-electron chi connectivity index (χ4n) is 2.71. The molecule has 3 rings (SSSR count). The molecule has 0 aliphatic rings. The van der Waals surface area contributed by atoms with Gasteiger partial charge in [0, 0.05) is 6.07 Å². The molecule has 0 atom stereocenters. The van der Waals surface area contributed by atoms with Crippen molar-refractivity contribution < 1.29 is 22.7 Å². The molecule has 29 heavy (non-hydrogen) atoms. The van der Waals surface area contributed by atoms with E-state index in [0.29, 0.717) is 17.7 Å². The first-order valence-corrected chi connectivity index (χ1v) is 8.87. The summed E-state index contributed by atoms with van der Waals surface area (Å²) in [7, 11) is 0. The molecule has 2 aromatic heterocycles. The summed E-state index contributed by atoms with van der Waals surface area (Å²) in [6.45, 7) is 2.48. The predicted octanol–water partition coefficient (Wildman–Crippen LogP) is 4.33. The number of hydrogen-bond donors (Lipinski definition) is 1. The van der Waals surface area contributed by atoms with E-state index in [1.807, 2.05) is 38.1 Å². The smallest absolute Gasteiger partial charge is 0.422 e. The molecule has 0 aliphatic heterocycles. The Balaban J connectivity index is 1.73. The lowest BCUT2D eigenvalue weighted by Crippen LogP contribution is -2.19. The molecule has 6 nitrogen and oxygen atoms in total. The van der Waals surface area contributed by atoms with Crippen LogP contribution in [0, 0.1) is 6.92 Å². The molecule has 1 N–H and O–H groups in total. The summed E-state index contributed by atoms with van der Waals surface area (Å²) in [5.74, 6) is -0.562. The highest BCUT2D eigenvalue weighted by Crippen LogP contribution is 2.20. The highest BCUT2D eigenvalue weighted by Gasteiger charge is 2.28. The standard InChI is InChI=1S/C20H19F3N4O2/c1-3-17-16(11-25-27(17)15-7-4-13(2)5-8-15)19(28)26-14-6-9-18(24-10-14)29-12-20(21,22)23/h4-11H,3,12H2,1-2H3,(H,26,28). The van der Waals surface area contributed by atoms with E-state index < -0.39 is 12.8 Å². The van der Waals surface area contributed by atoms with Crippen molar-refractivity contribution in [2.75, 3.05) is 11.9 Å². The van der Waals surface area contributed by atoms with E-state index in [4.69, 9.17) is 0 Å². The highest BCUT2D eigenvalue weighted by molar-refractivity contribution is 6.05. The highest BCUT2D eigenvalue weighted by atomic mass is 19.4. The van der Waals surface area contributed by atoms with Crippen molar-refractivity contribution in [3.63, 3.8) is 0 Å². The summed E-state index contributed by atoms with van der Waals surface area (Å²) in [5, 5.41) is 7.00. The van der Waals surface area contributed by atoms with Gasteiger partial charge in [0.25, 0.3) is 5.91 Å². The third-order valence-corrected chi connectivity index (χ3v) is 4.10. The Kier molecular flexibility index (Phi) is 5.86. The van der Waals surface area contributed by atoms with Crippen molar-refractivity contribution in [2.24, 2.45) is 0 Å². The summed E-state index contributed by atoms with van der Waals surface area (Å²) >= 11 is 0. The minimum atomic E-state index is -4.44. The van der Waals surface area contributed by atoms with Crippen molar-refractivity contribution in [3.8, 4) is 11.6 Å². The van der Waals surface area contributed by atoms with E-state index in [1.54, 1.807) is 4.68 Å². The lowest BCUT2D eigenvalue weighted by molar-refractivity contribution is -0.154. The van der Waals surface area contributed by atoms with Crippen LogP contribution in [0.1, 0.15) is 28.5 Å². The molecule has 152 valence electrons. The zero-order chi connectivity index (χ0) is 21.0. The topological polar surface area (TPSA) is 69.0 Å². The molecule has 3 aromatic rings. The minimum Gasteiger partial charge on any atom is -0.468 e. The Labute approximate surface area is 165 Å². The second kappa shape index (κ2) is 8.34. The summed E-state index contributed by atoms with van der Waals surface area (Å²) < 4.78 is 42.8. The number of rotatable bonds is 6. The number of nitrogens with zero attached hydrogens (tertiary/aromatic N) is 3. The molecule has 0 bridgehead atoms.